The number of hydrogen-bond donors (Lipinski definition) is 1. The Morgan fingerprint density at radius 2 is 2.31 bits per heavy atom. The molecule has 0 amide bonds. The van der Waals surface area contributed by atoms with E-state index in [4.69, 9.17) is 5.26 Å². The zero-order valence-electron chi connectivity index (χ0n) is 9.24. The Balaban J connectivity index is 2.02. The lowest BCUT2D eigenvalue weighted by atomic mass is 9.97. The SMILES string of the molecule is N#Cc1ccc2c(c1)N1CCCCC1CN2. The van der Waals surface area contributed by atoms with E-state index >= 15 is 0 Å². The number of nitrogens with zero attached hydrogens (tertiary/aromatic N) is 2. The maximum atomic E-state index is 8.95. The topological polar surface area (TPSA) is 39.1 Å². The highest BCUT2D eigenvalue weighted by atomic mass is 15.2. The van der Waals surface area contributed by atoms with E-state index in [1.165, 1.54) is 30.6 Å². The van der Waals surface area contributed by atoms with Crippen molar-refractivity contribution in [2.24, 2.45) is 0 Å². The lowest BCUT2D eigenvalue weighted by Crippen LogP contribution is -2.47. The molecule has 1 aromatic rings. The summed E-state index contributed by atoms with van der Waals surface area (Å²) in [5.41, 5.74) is 3.15. The van der Waals surface area contributed by atoms with E-state index in [0.717, 1.165) is 18.7 Å². The molecule has 2 heterocycles. The highest BCUT2D eigenvalue weighted by molar-refractivity contribution is 5.74. The van der Waals surface area contributed by atoms with Crippen LogP contribution in [0.25, 0.3) is 0 Å². The Morgan fingerprint density at radius 3 is 3.19 bits per heavy atom. The van der Waals surface area contributed by atoms with Crippen LogP contribution in [0.3, 0.4) is 0 Å². The maximum Gasteiger partial charge on any atom is 0.0992 e. The number of piperidine rings is 1. The second-order valence-electron chi connectivity index (χ2n) is 4.57. The standard InChI is InChI=1S/C13H15N3/c14-8-10-4-5-12-13(7-10)16-6-2-1-3-11(16)9-15-12/h4-5,7,11,15H,1-3,6,9H2. The Kier molecular flexibility index (Phi) is 2.21. The molecule has 2 aliphatic rings. The molecule has 0 spiro atoms. The van der Waals surface area contributed by atoms with Crippen molar-refractivity contribution >= 4 is 11.4 Å². The average Bonchev–Trinajstić information content (AvgIpc) is 2.38. The summed E-state index contributed by atoms with van der Waals surface area (Å²) in [4.78, 5) is 2.47. The van der Waals surface area contributed by atoms with Crippen LogP contribution in [0.1, 0.15) is 24.8 Å². The minimum absolute atomic E-state index is 0.621. The highest BCUT2D eigenvalue weighted by Crippen LogP contribution is 2.35. The fourth-order valence-electron chi connectivity index (χ4n) is 2.75. The van der Waals surface area contributed by atoms with Gasteiger partial charge in [-0.15, -0.1) is 0 Å². The van der Waals surface area contributed by atoms with Crippen LogP contribution in [0.4, 0.5) is 11.4 Å². The molecule has 3 heteroatoms. The van der Waals surface area contributed by atoms with Crippen LogP contribution < -0.4 is 10.2 Å². The molecule has 0 saturated carbocycles. The van der Waals surface area contributed by atoms with Crippen LogP contribution in [0.2, 0.25) is 0 Å². The third kappa shape index (κ3) is 1.42. The van der Waals surface area contributed by atoms with Gasteiger partial charge in [0.15, 0.2) is 0 Å². The van der Waals surface area contributed by atoms with E-state index in [9.17, 15) is 0 Å². The Labute approximate surface area is 95.7 Å². The molecule has 1 unspecified atom stereocenters. The van der Waals surface area contributed by atoms with Crippen LogP contribution in [-0.4, -0.2) is 19.1 Å². The fourth-order valence-corrected chi connectivity index (χ4v) is 2.75. The van der Waals surface area contributed by atoms with Crippen LogP contribution in [0.15, 0.2) is 18.2 Å². The first-order chi connectivity index (χ1) is 7.88. The number of hydrogen-bond acceptors (Lipinski definition) is 3. The summed E-state index contributed by atoms with van der Waals surface area (Å²) >= 11 is 0. The van der Waals surface area contributed by atoms with Gasteiger partial charge in [-0.1, -0.05) is 0 Å². The number of rotatable bonds is 0. The third-order valence-electron chi connectivity index (χ3n) is 3.59. The Hall–Kier alpha value is -1.69. The molecule has 0 radical (unpaired) electrons. The zero-order chi connectivity index (χ0) is 11.0. The van der Waals surface area contributed by atoms with E-state index in [1.807, 2.05) is 18.2 Å². The predicted molar refractivity (Wildman–Crippen MR) is 64.6 cm³/mol. The third-order valence-corrected chi connectivity index (χ3v) is 3.59. The first-order valence-corrected chi connectivity index (χ1v) is 5.93. The first-order valence-electron chi connectivity index (χ1n) is 5.93. The number of nitrogens with one attached hydrogen (secondary N) is 1. The number of nitriles is 1. The highest BCUT2D eigenvalue weighted by Gasteiger charge is 2.28. The lowest BCUT2D eigenvalue weighted by molar-refractivity contribution is 0.466. The fraction of sp³-hybridized carbons (Fsp3) is 0.462. The van der Waals surface area contributed by atoms with Crippen molar-refractivity contribution in [2.45, 2.75) is 25.3 Å². The van der Waals surface area contributed by atoms with Gasteiger partial charge in [0.25, 0.3) is 0 Å². The maximum absolute atomic E-state index is 8.95. The summed E-state index contributed by atoms with van der Waals surface area (Å²) in [5.74, 6) is 0. The molecule has 82 valence electrons. The number of anilines is 2. The van der Waals surface area contributed by atoms with E-state index < -0.39 is 0 Å². The molecule has 1 N–H and O–H groups in total. The van der Waals surface area contributed by atoms with Crippen molar-refractivity contribution in [3.63, 3.8) is 0 Å². The van der Waals surface area contributed by atoms with Crippen molar-refractivity contribution in [2.75, 3.05) is 23.3 Å². The van der Waals surface area contributed by atoms with Crippen molar-refractivity contribution in [3.8, 4) is 6.07 Å². The van der Waals surface area contributed by atoms with Gasteiger partial charge >= 0.3 is 0 Å². The van der Waals surface area contributed by atoms with Crippen molar-refractivity contribution < 1.29 is 0 Å². The molecule has 1 saturated heterocycles. The monoisotopic (exact) mass is 213 g/mol. The minimum atomic E-state index is 0.621. The van der Waals surface area contributed by atoms with Gasteiger partial charge in [0.1, 0.15) is 0 Å². The van der Waals surface area contributed by atoms with Crippen molar-refractivity contribution in [1.82, 2.24) is 0 Å². The van der Waals surface area contributed by atoms with E-state index in [-0.39, 0.29) is 0 Å². The molecule has 16 heavy (non-hydrogen) atoms. The molecule has 0 aromatic heterocycles. The van der Waals surface area contributed by atoms with Gasteiger partial charge in [0.05, 0.1) is 23.0 Å². The van der Waals surface area contributed by atoms with Crippen LogP contribution in [0.5, 0.6) is 0 Å². The normalized spacial score (nSPS) is 22.7. The summed E-state index contributed by atoms with van der Waals surface area (Å²) in [6.45, 7) is 2.17. The largest absolute Gasteiger partial charge is 0.381 e. The molecule has 3 nitrogen and oxygen atoms in total. The molecule has 0 aliphatic carbocycles. The van der Waals surface area contributed by atoms with Crippen molar-refractivity contribution in [3.05, 3.63) is 23.8 Å². The summed E-state index contributed by atoms with van der Waals surface area (Å²) < 4.78 is 0. The molecule has 0 bridgehead atoms. The van der Waals surface area contributed by atoms with Gasteiger partial charge in [0, 0.05) is 19.1 Å². The smallest absolute Gasteiger partial charge is 0.0992 e. The van der Waals surface area contributed by atoms with Crippen LogP contribution in [-0.2, 0) is 0 Å². The minimum Gasteiger partial charge on any atom is -0.381 e. The van der Waals surface area contributed by atoms with Crippen LogP contribution >= 0.6 is 0 Å². The molecule has 1 atom stereocenters. The first kappa shape index (κ1) is 9.53. The predicted octanol–water partition coefficient (Wildman–Crippen LogP) is 2.34. The molecular formula is C13H15N3. The summed E-state index contributed by atoms with van der Waals surface area (Å²) in [7, 11) is 0. The van der Waals surface area contributed by atoms with E-state index in [0.29, 0.717) is 6.04 Å². The van der Waals surface area contributed by atoms with Gasteiger partial charge in [-0.05, 0) is 37.5 Å². The Bertz CT molecular complexity index is 447. The molecule has 1 fully saturated rings. The number of benzene rings is 1. The summed E-state index contributed by atoms with van der Waals surface area (Å²) in [5, 5.41) is 12.4. The average molecular weight is 213 g/mol. The van der Waals surface area contributed by atoms with Gasteiger partial charge in [-0.2, -0.15) is 5.26 Å². The van der Waals surface area contributed by atoms with Gasteiger partial charge in [-0.25, -0.2) is 0 Å². The quantitative estimate of drug-likeness (QED) is 0.719. The summed E-state index contributed by atoms with van der Waals surface area (Å²) in [6, 6.07) is 8.76. The Morgan fingerprint density at radius 1 is 1.38 bits per heavy atom. The van der Waals surface area contributed by atoms with Gasteiger partial charge in [-0.3, -0.25) is 0 Å². The second kappa shape index (κ2) is 3.71. The van der Waals surface area contributed by atoms with Crippen molar-refractivity contribution in [1.29, 1.82) is 5.26 Å². The van der Waals surface area contributed by atoms with E-state index in [1.54, 1.807) is 0 Å². The van der Waals surface area contributed by atoms with Crippen LogP contribution in [0, 0.1) is 11.3 Å². The second-order valence-corrected chi connectivity index (χ2v) is 4.57. The van der Waals surface area contributed by atoms with E-state index in [2.05, 4.69) is 16.3 Å². The van der Waals surface area contributed by atoms with Gasteiger partial charge < -0.3 is 10.2 Å². The zero-order valence-corrected chi connectivity index (χ0v) is 9.24. The molecular weight excluding hydrogens is 198 g/mol. The summed E-state index contributed by atoms with van der Waals surface area (Å²) in [6.07, 6.45) is 3.87. The molecule has 2 aliphatic heterocycles. The van der Waals surface area contributed by atoms with Gasteiger partial charge in [0.2, 0.25) is 0 Å². The lowest BCUT2D eigenvalue weighted by Gasteiger charge is -2.42. The molecule has 3 rings (SSSR count). The molecule has 1 aromatic carbocycles. The number of fused-ring (bicyclic) bond motifs is 3.